The Morgan fingerprint density at radius 3 is 2.50 bits per heavy atom. The number of cyclic esters (lactones) is 2. The standard InChI is InChI=1S/C10H18O4/c1-4-7(12-3)6-9-8(5-2)13-10(11)14-9/h7-9H,4-6H2,1-3H3. The molecule has 0 aromatic rings. The fourth-order valence-corrected chi connectivity index (χ4v) is 1.66. The highest BCUT2D eigenvalue weighted by Gasteiger charge is 2.36. The quantitative estimate of drug-likeness (QED) is 0.640. The molecule has 1 saturated heterocycles. The molecule has 14 heavy (non-hydrogen) atoms. The van der Waals surface area contributed by atoms with E-state index in [9.17, 15) is 4.79 Å². The molecule has 0 spiro atoms. The third-order valence-electron chi connectivity index (χ3n) is 2.60. The highest BCUT2D eigenvalue weighted by Crippen LogP contribution is 2.23. The highest BCUT2D eigenvalue weighted by molar-refractivity contribution is 5.62. The number of carbonyl (C=O) groups excluding carboxylic acids is 1. The zero-order chi connectivity index (χ0) is 10.6. The first-order valence-corrected chi connectivity index (χ1v) is 5.11. The molecule has 1 heterocycles. The Balaban J connectivity index is 2.46. The van der Waals surface area contributed by atoms with Crippen LogP contribution in [0.3, 0.4) is 0 Å². The molecule has 0 N–H and O–H groups in total. The third-order valence-corrected chi connectivity index (χ3v) is 2.60. The minimum absolute atomic E-state index is 0.105. The number of carbonyl (C=O) groups is 1. The summed E-state index contributed by atoms with van der Waals surface area (Å²) in [4.78, 5) is 10.9. The van der Waals surface area contributed by atoms with Gasteiger partial charge in [0.15, 0.2) is 0 Å². The molecule has 3 atom stereocenters. The molecule has 0 aliphatic carbocycles. The molecule has 0 aromatic carbocycles. The first-order chi connectivity index (χ1) is 6.71. The molecule has 82 valence electrons. The van der Waals surface area contributed by atoms with Crippen molar-refractivity contribution in [1.29, 1.82) is 0 Å². The van der Waals surface area contributed by atoms with Crippen LogP contribution in [0, 0.1) is 0 Å². The van der Waals surface area contributed by atoms with Gasteiger partial charge >= 0.3 is 6.16 Å². The normalized spacial score (nSPS) is 28.4. The van der Waals surface area contributed by atoms with Gasteiger partial charge in [0.05, 0.1) is 6.10 Å². The van der Waals surface area contributed by atoms with Crippen molar-refractivity contribution in [1.82, 2.24) is 0 Å². The van der Waals surface area contributed by atoms with Gasteiger partial charge in [0.2, 0.25) is 0 Å². The van der Waals surface area contributed by atoms with E-state index in [0.29, 0.717) is 0 Å². The SMILES string of the molecule is CCC(CC1OC(=O)OC1CC)OC. The average molecular weight is 202 g/mol. The summed E-state index contributed by atoms with van der Waals surface area (Å²) >= 11 is 0. The first kappa shape index (κ1) is 11.3. The van der Waals surface area contributed by atoms with E-state index in [1.807, 2.05) is 13.8 Å². The summed E-state index contributed by atoms with van der Waals surface area (Å²) < 4.78 is 15.3. The van der Waals surface area contributed by atoms with Gasteiger partial charge in [0.1, 0.15) is 12.2 Å². The van der Waals surface area contributed by atoms with Gasteiger partial charge in [-0.05, 0) is 12.8 Å². The van der Waals surface area contributed by atoms with E-state index >= 15 is 0 Å². The number of methoxy groups -OCH3 is 1. The van der Waals surface area contributed by atoms with Gasteiger partial charge < -0.3 is 14.2 Å². The summed E-state index contributed by atoms with van der Waals surface area (Å²) in [5, 5.41) is 0. The Morgan fingerprint density at radius 2 is 2.00 bits per heavy atom. The van der Waals surface area contributed by atoms with E-state index in [4.69, 9.17) is 14.2 Å². The van der Waals surface area contributed by atoms with Crippen molar-refractivity contribution in [3.8, 4) is 0 Å². The fraction of sp³-hybridized carbons (Fsp3) is 0.900. The van der Waals surface area contributed by atoms with Crippen LogP contribution in [0.15, 0.2) is 0 Å². The lowest BCUT2D eigenvalue weighted by molar-refractivity contribution is 0.0382. The molecule has 1 fully saturated rings. The predicted molar refractivity (Wildman–Crippen MR) is 51.1 cm³/mol. The lowest BCUT2D eigenvalue weighted by Gasteiger charge is -2.18. The first-order valence-electron chi connectivity index (χ1n) is 5.11. The molecule has 1 rings (SSSR count). The van der Waals surface area contributed by atoms with E-state index in [2.05, 4.69) is 0 Å². The topological polar surface area (TPSA) is 44.8 Å². The minimum atomic E-state index is -0.548. The van der Waals surface area contributed by atoms with Crippen LogP contribution >= 0.6 is 0 Å². The molecule has 3 unspecified atom stereocenters. The Bertz CT molecular complexity index is 189. The van der Waals surface area contributed by atoms with Gasteiger partial charge in [-0.25, -0.2) is 4.79 Å². The number of ether oxygens (including phenoxy) is 3. The zero-order valence-corrected chi connectivity index (χ0v) is 8.99. The average Bonchev–Trinajstić information content (AvgIpc) is 2.55. The summed E-state index contributed by atoms with van der Waals surface area (Å²) in [5.41, 5.74) is 0. The molecule has 1 aliphatic heterocycles. The highest BCUT2D eigenvalue weighted by atomic mass is 16.8. The molecular weight excluding hydrogens is 184 g/mol. The maximum Gasteiger partial charge on any atom is 0.509 e. The number of hydrogen-bond donors (Lipinski definition) is 0. The molecule has 0 aromatic heterocycles. The molecule has 0 radical (unpaired) electrons. The summed E-state index contributed by atoms with van der Waals surface area (Å²) in [6.07, 6.45) is 1.77. The van der Waals surface area contributed by atoms with Crippen LogP contribution < -0.4 is 0 Å². The summed E-state index contributed by atoms with van der Waals surface area (Å²) in [6, 6.07) is 0. The van der Waals surface area contributed by atoms with Crippen LogP contribution in [0.4, 0.5) is 4.79 Å². The van der Waals surface area contributed by atoms with E-state index < -0.39 is 6.16 Å². The van der Waals surface area contributed by atoms with Gasteiger partial charge in [-0.1, -0.05) is 13.8 Å². The Kier molecular flexibility index (Phi) is 4.20. The number of rotatable bonds is 5. The third kappa shape index (κ3) is 2.61. The summed E-state index contributed by atoms with van der Waals surface area (Å²) in [6.45, 7) is 4.03. The van der Waals surface area contributed by atoms with Crippen molar-refractivity contribution in [2.24, 2.45) is 0 Å². The maximum absolute atomic E-state index is 10.9. The second kappa shape index (κ2) is 5.20. The lowest BCUT2D eigenvalue weighted by Crippen LogP contribution is -2.27. The Labute approximate surface area is 84.5 Å². The van der Waals surface area contributed by atoms with Crippen molar-refractivity contribution >= 4 is 6.16 Å². The molecular formula is C10H18O4. The lowest BCUT2D eigenvalue weighted by atomic mass is 10.0. The van der Waals surface area contributed by atoms with E-state index in [1.54, 1.807) is 7.11 Å². The molecule has 4 nitrogen and oxygen atoms in total. The Hall–Kier alpha value is -0.770. The van der Waals surface area contributed by atoms with Crippen molar-refractivity contribution in [3.05, 3.63) is 0 Å². The smallest absolute Gasteiger partial charge is 0.427 e. The second-order valence-corrected chi connectivity index (χ2v) is 3.47. The minimum Gasteiger partial charge on any atom is -0.427 e. The van der Waals surface area contributed by atoms with Gasteiger partial charge in [0, 0.05) is 13.5 Å². The van der Waals surface area contributed by atoms with Crippen LogP contribution in [-0.4, -0.2) is 31.6 Å². The summed E-state index contributed by atoms with van der Waals surface area (Å²) in [5.74, 6) is 0. The molecule has 0 saturated carbocycles. The van der Waals surface area contributed by atoms with Gasteiger partial charge in [-0.15, -0.1) is 0 Å². The van der Waals surface area contributed by atoms with Crippen LogP contribution in [0.1, 0.15) is 33.1 Å². The van der Waals surface area contributed by atoms with Crippen molar-refractivity contribution in [2.45, 2.75) is 51.4 Å². The Morgan fingerprint density at radius 1 is 1.36 bits per heavy atom. The largest absolute Gasteiger partial charge is 0.509 e. The monoisotopic (exact) mass is 202 g/mol. The molecule has 0 amide bonds. The molecule has 1 aliphatic rings. The van der Waals surface area contributed by atoms with Crippen LogP contribution in [0.2, 0.25) is 0 Å². The van der Waals surface area contributed by atoms with Gasteiger partial charge in [0.25, 0.3) is 0 Å². The van der Waals surface area contributed by atoms with E-state index in [1.165, 1.54) is 0 Å². The van der Waals surface area contributed by atoms with Crippen LogP contribution in [0.5, 0.6) is 0 Å². The number of hydrogen-bond acceptors (Lipinski definition) is 4. The molecule has 4 heteroatoms. The summed E-state index contributed by atoms with van der Waals surface area (Å²) in [7, 11) is 1.67. The zero-order valence-electron chi connectivity index (χ0n) is 8.99. The van der Waals surface area contributed by atoms with Gasteiger partial charge in [-0.3, -0.25) is 0 Å². The van der Waals surface area contributed by atoms with Gasteiger partial charge in [-0.2, -0.15) is 0 Å². The fourth-order valence-electron chi connectivity index (χ4n) is 1.66. The molecule has 0 bridgehead atoms. The van der Waals surface area contributed by atoms with E-state index in [-0.39, 0.29) is 18.3 Å². The van der Waals surface area contributed by atoms with Crippen LogP contribution in [0.25, 0.3) is 0 Å². The van der Waals surface area contributed by atoms with Crippen LogP contribution in [-0.2, 0) is 14.2 Å². The second-order valence-electron chi connectivity index (χ2n) is 3.47. The predicted octanol–water partition coefficient (Wildman–Crippen LogP) is 2.12. The van der Waals surface area contributed by atoms with Crippen molar-refractivity contribution < 1.29 is 19.0 Å². The van der Waals surface area contributed by atoms with Crippen molar-refractivity contribution in [2.75, 3.05) is 7.11 Å². The van der Waals surface area contributed by atoms with Crippen molar-refractivity contribution in [3.63, 3.8) is 0 Å². The van der Waals surface area contributed by atoms with E-state index in [0.717, 1.165) is 19.3 Å². The maximum atomic E-state index is 10.9.